The second-order valence-corrected chi connectivity index (χ2v) is 10.1. The van der Waals surface area contributed by atoms with Gasteiger partial charge < -0.3 is 9.47 Å². The summed E-state index contributed by atoms with van der Waals surface area (Å²) in [5, 5.41) is 0. The maximum absolute atomic E-state index is 12.9. The van der Waals surface area contributed by atoms with E-state index in [4.69, 9.17) is 9.47 Å². The molecule has 2 aromatic rings. The normalized spacial score (nSPS) is 11.6. The summed E-state index contributed by atoms with van der Waals surface area (Å²) in [4.78, 5) is 25.7. The molecule has 0 N–H and O–H groups in total. The minimum Gasteiger partial charge on any atom is -0.461 e. The lowest BCUT2D eigenvalue weighted by molar-refractivity contribution is -0.154. The summed E-state index contributed by atoms with van der Waals surface area (Å²) in [5.74, 6) is 0.0871. The zero-order valence-corrected chi connectivity index (χ0v) is 21.1. The second-order valence-electron chi connectivity index (χ2n) is 10.1. The lowest BCUT2D eigenvalue weighted by Crippen LogP contribution is -2.34. The molecule has 180 valence electrons. The molecule has 0 heterocycles. The molecule has 2 aromatic carbocycles. The first-order valence-corrected chi connectivity index (χ1v) is 12.0. The number of hydrogen-bond donors (Lipinski definition) is 0. The quantitative estimate of drug-likeness (QED) is 0.327. The van der Waals surface area contributed by atoms with E-state index in [9.17, 15) is 9.59 Å². The van der Waals surface area contributed by atoms with Gasteiger partial charge in [-0.05, 0) is 48.6 Å². The standard InChI is InChI=1S/C29H40O4/c1-21(2)15-16-29(22(3)4,17-27(30)32-19-25-11-7-23(5)8-12-25)18-28(31)33-20-26-13-9-24(6)10-14-26/h7-14,21-22H,15-20H2,1-6H3. The number of ether oxygens (including phenoxy) is 2. The van der Waals surface area contributed by atoms with Crippen LogP contribution in [0.2, 0.25) is 0 Å². The van der Waals surface area contributed by atoms with E-state index in [0.29, 0.717) is 5.92 Å². The van der Waals surface area contributed by atoms with E-state index in [1.807, 2.05) is 62.4 Å². The first-order valence-electron chi connectivity index (χ1n) is 12.0. The highest BCUT2D eigenvalue weighted by Crippen LogP contribution is 2.42. The lowest BCUT2D eigenvalue weighted by Gasteiger charge is -2.37. The molecule has 0 aliphatic heterocycles. The van der Waals surface area contributed by atoms with Crippen LogP contribution in [0.4, 0.5) is 0 Å². The maximum atomic E-state index is 12.9. The van der Waals surface area contributed by atoms with Gasteiger partial charge in [0, 0.05) is 0 Å². The van der Waals surface area contributed by atoms with Gasteiger partial charge in [0.1, 0.15) is 13.2 Å². The fraction of sp³-hybridized carbons (Fsp3) is 0.517. The van der Waals surface area contributed by atoms with Crippen LogP contribution >= 0.6 is 0 Å². The van der Waals surface area contributed by atoms with E-state index in [1.165, 1.54) is 11.1 Å². The largest absolute Gasteiger partial charge is 0.461 e. The molecule has 0 bridgehead atoms. The molecule has 0 unspecified atom stereocenters. The highest BCUT2D eigenvalue weighted by molar-refractivity contribution is 5.74. The lowest BCUT2D eigenvalue weighted by atomic mass is 9.68. The summed E-state index contributed by atoms with van der Waals surface area (Å²) in [6.07, 6.45) is 2.14. The van der Waals surface area contributed by atoms with E-state index in [-0.39, 0.29) is 43.9 Å². The molecule has 0 aromatic heterocycles. The van der Waals surface area contributed by atoms with E-state index in [2.05, 4.69) is 27.7 Å². The highest BCUT2D eigenvalue weighted by atomic mass is 16.5. The van der Waals surface area contributed by atoms with E-state index >= 15 is 0 Å². The molecule has 33 heavy (non-hydrogen) atoms. The van der Waals surface area contributed by atoms with Crippen LogP contribution in [0.3, 0.4) is 0 Å². The minimum absolute atomic E-state index is 0.134. The van der Waals surface area contributed by atoms with Crippen molar-refractivity contribution in [3.63, 3.8) is 0 Å². The van der Waals surface area contributed by atoms with Crippen LogP contribution in [-0.4, -0.2) is 11.9 Å². The Morgan fingerprint density at radius 3 is 1.45 bits per heavy atom. The third-order valence-electron chi connectivity index (χ3n) is 6.48. The SMILES string of the molecule is Cc1ccc(COC(=O)CC(CCC(C)C)(CC(=O)OCc2ccc(C)cc2)C(C)C)cc1. The van der Waals surface area contributed by atoms with Gasteiger partial charge in [-0.2, -0.15) is 0 Å². The average Bonchev–Trinajstić information content (AvgIpc) is 2.76. The molecule has 4 heteroatoms. The van der Waals surface area contributed by atoms with Crippen LogP contribution in [-0.2, 0) is 32.3 Å². The zero-order valence-electron chi connectivity index (χ0n) is 21.1. The van der Waals surface area contributed by atoms with Crippen molar-refractivity contribution >= 4 is 11.9 Å². The third-order valence-corrected chi connectivity index (χ3v) is 6.48. The molecule has 0 amide bonds. The van der Waals surface area contributed by atoms with Gasteiger partial charge in [-0.15, -0.1) is 0 Å². The average molecular weight is 453 g/mol. The topological polar surface area (TPSA) is 52.6 Å². The molecule has 4 nitrogen and oxygen atoms in total. The van der Waals surface area contributed by atoms with Crippen molar-refractivity contribution in [2.75, 3.05) is 0 Å². The molecule has 0 atom stereocenters. The minimum atomic E-state index is -0.487. The molecule has 0 radical (unpaired) electrons. The molecule has 0 aliphatic carbocycles. The van der Waals surface area contributed by atoms with Crippen LogP contribution in [0.15, 0.2) is 48.5 Å². The summed E-state index contributed by atoms with van der Waals surface area (Å²) in [7, 11) is 0. The summed E-state index contributed by atoms with van der Waals surface area (Å²) in [5.41, 5.74) is 3.77. The van der Waals surface area contributed by atoms with Crippen molar-refractivity contribution in [3.8, 4) is 0 Å². The number of esters is 2. The van der Waals surface area contributed by atoms with Gasteiger partial charge in [0.05, 0.1) is 12.8 Å². The Morgan fingerprint density at radius 1 is 0.727 bits per heavy atom. The van der Waals surface area contributed by atoms with Gasteiger partial charge in [-0.1, -0.05) is 93.8 Å². The fourth-order valence-electron chi connectivity index (χ4n) is 3.89. The number of rotatable bonds is 12. The second kappa shape index (κ2) is 12.6. The highest BCUT2D eigenvalue weighted by Gasteiger charge is 2.39. The number of hydrogen-bond acceptors (Lipinski definition) is 4. The van der Waals surface area contributed by atoms with Crippen molar-refractivity contribution in [3.05, 3.63) is 70.8 Å². The molecule has 0 aliphatic rings. The van der Waals surface area contributed by atoms with Gasteiger partial charge in [0.2, 0.25) is 0 Å². The van der Waals surface area contributed by atoms with Crippen molar-refractivity contribution in [1.29, 1.82) is 0 Å². The van der Waals surface area contributed by atoms with Crippen molar-refractivity contribution in [2.45, 2.75) is 80.4 Å². The Hall–Kier alpha value is -2.62. The number of aryl methyl sites for hydroxylation is 2. The predicted octanol–water partition coefficient (Wildman–Crippen LogP) is 6.95. The van der Waals surface area contributed by atoms with Crippen molar-refractivity contribution in [1.82, 2.24) is 0 Å². The first kappa shape index (κ1) is 26.6. The monoisotopic (exact) mass is 452 g/mol. The smallest absolute Gasteiger partial charge is 0.306 e. The fourth-order valence-corrected chi connectivity index (χ4v) is 3.89. The maximum Gasteiger partial charge on any atom is 0.306 e. The van der Waals surface area contributed by atoms with E-state index in [1.54, 1.807) is 0 Å². The summed E-state index contributed by atoms with van der Waals surface area (Å²) in [6, 6.07) is 15.9. The van der Waals surface area contributed by atoms with Crippen LogP contribution in [0, 0.1) is 31.1 Å². The Labute approximate surface area is 199 Å². The molecule has 0 saturated heterocycles. The summed E-state index contributed by atoms with van der Waals surface area (Å²) >= 11 is 0. The number of benzene rings is 2. The predicted molar refractivity (Wildman–Crippen MR) is 133 cm³/mol. The Kier molecular flexibility index (Phi) is 10.1. The van der Waals surface area contributed by atoms with Crippen LogP contribution in [0.5, 0.6) is 0 Å². The van der Waals surface area contributed by atoms with Gasteiger partial charge in [-0.25, -0.2) is 0 Å². The van der Waals surface area contributed by atoms with Crippen LogP contribution in [0.25, 0.3) is 0 Å². The Bertz CT molecular complexity index is 815. The van der Waals surface area contributed by atoms with Gasteiger partial charge in [0.25, 0.3) is 0 Å². The van der Waals surface area contributed by atoms with Gasteiger partial charge in [-0.3, -0.25) is 9.59 Å². The first-order chi connectivity index (χ1) is 15.6. The van der Waals surface area contributed by atoms with E-state index in [0.717, 1.165) is 24.0 Å². The van der Waals surface area contributed by atoms with Gasteiger partial charge >= 0.3 is 11.9 Å². The summed E-state index contributed by atoms with van der Waals surface area (Å²) < 4.78 is 11.2. The van der Waals surface area contributed by atoms with E-state index < -0.39 is 5.41 Å². The number of carbonyl (C=O) groups excluding carboxylic acids is 2. The van der Waals surface area contributed by atoms with Crippen LogP contribution < -0.4 is 0 Å². The molecular formula is C29H40O4. The molecule has 0 spiro atoms. The molecule has 0 fully saturated rings. The van der Waals surface area contributed by atoms with Crippen molar-refractivity contribution in [2.24, 2.45) is 17.3 Å². The zero-order chi connectivity index (χ0) is 24.4. The molecule has 0 saturated carbocycles. The Balaban J connectivity index is 2.05. The van der Waals surface area contributed by atoms with Gasteiger partial charge in [0.15, 0.2) is 0 Å². The molecular weight excluding hydrogens is 412 g/mol. The third kappa shape index (κ3) is 9.03. The molecule has 2 rings (SSSR count). The van der Waals surface area contributed by atoms with Crippen molar-refractivity contribution < 1.29 is 19.1 Å². The van der Waals surface area contributed by atoms with Crippen LogP contribution in [0.1, 0.15) is 75.6 Å². The number of carbonyl (C=O) groups is 2. The summed E-state index contributed by atoms with van der Waals surface area (Å²) in [6.45, 7) is 13.0. The Morgan fingerprint density at radius 2 is 1.12 bits per heavy atom.